The summed E-state index contributed by atoms with van der Waals surface area (Å²) in [6, 6.07) is 5.49. The standard InChI is InChI=1S/C20H32N4O2SSi/c1-15-10-17(23-21-12-15)11-16-6-7-19(27(2)25)20-18(16)13-22-24(20)14-26-8-9-28(3,4)5/h6-7,12-13,15,17,23H,8-11,14H2,1-5H3. The second kappa shape index (κ2) is 8.88. The summed E-state index contributed by atoms with van der Waals surface area (Å²) in [6.07, 6.45) is 7.50. The minimum atomic E-state index is -1.12. The lowest BCUT2D eigenvalue weighted by Gasteiger charge is -2.23. The fourth-order valence-corrected chi connectivity index (χ4v) is 5.00. The quantitative estimate of drug-likeness (QED) is 0.523. The van der Waals surface area contributed by atoms with Crippen molar-refractivity contribution in [1.29, 1.82) is 0 Å². The van der Waals surface area contributed by atoms with Gasteiger partial charge in [0.05, 0.1) is 27.4 Å². The smallest absolute Gasteiger partial charge is 0.140 e. The maximum Gasteiger partial charge on any atom is 0.140 e. The topological polar surface area (TPSA) is 68.5 Å². The highest BCUT2D eigenvalue weighted by Crippen LogP contribution is 2.27. The van der Waals surface area contributed by atoms with Gasteiger partial charge in [-0.05, 0) is 36.4 Å². The third-order valence-electron chi connectivity index (χ3n) is 5.08. The van der Waals surface area contributed by atoms with Gasteiger partial charge in [0.25, 0.3) is 0 Å². The third-order valence-corrected chi connectivity index (χ3v) is 7.74. The second-order valence-corrected chi connectivity index (χ2v) is 15.9. The molecule has 0 saturated carbocycles. The van der Waals surface area contributed by atoms with Crippen LogP contribution in [0.2, 0.25) is 25.7 Å². The number of nitrogens with zero attached hydrogens (tertiary/aromatic N) is 3. The van der Waals surface area contributed by atoms with Crippen LogP contribution in [0.1, 0.15) is 18.9 Å². The van der Waals surface area contributed by atoms with Crippen LogP contribution in [0.4, 0.5) is 0 Å². The van der Waals surface area contributed by atoms with E-state index in [1.54, 1.807) is 6.26 Å². The van der Waals surface area contributed by atoms with E-state index in [0.29, 0.717) is 18.7 Å². The number of aromatic nitrogens is 2. The molecule has 1 aliphatic heterocycles. The minimum absolute atomic E-state index is 0.303. The van der Waals surface area contributed by atoms with Crippen molar-refractivity contribution in [3.8, 4) is 0 Å². The molecule has 0 spiro atoms. The number of fused-ring (bicyclic) bond motifs is 1. The Kier molecular flexibility index (Phi) is 6.72. The molecule has 0 bridgehead atoms. The molecule has 0 radical (unpaired) electrons. The third kappa shape index (κ3) is 5.30. The number of hydrazone groups is 1. The second-order valence-electron chi connectivity index (χ2n) is 8.95. The SMILES string of the molecule is CC1C=NNC(Cc2ccc(S(C)=O)c3c2cnn3COCC[Si](C)(C)C)C1. The molecule has 1 N–H and O–H groups in total. The highest BCUT2D eigenvalue weighted by atomic mass is 32.2. The van der Waals surface area contributed by atoms with E-state index in [9.17, 15) is 4.21 Å². The van der Waals surface area contributed by atoms with E-state index >= 15 is 0 Å². The summed E-state index contributed by atoms with van der Waals surface area (Å²) in [5.41, 5.74) is 5.36. The minimum Gasteiger partial charge on any atom is -0.360 e. The lowest BCUT2D eigenvalue weighted by Crippen LogP contribution is -2.33. The number of nitrogens with one attached hydrogen (secondary N) is 1. The normalized spacial score (nSPS) is 21.0. The van der Waals surface area contributed by atoms with Gasteiger partial charge >= 0.3 is 0 Å². The lowest BCUT2D eigenvalue weighted by atomic mass is 9.95. The Morgan fingerprint density at radius 3 is 2.82 bits per heavy atom. The van der Waals surface area contributed by atoms with Crippen molar-refractivity contribution in [2.75, 3.05) is 12.9 Å². The molecule has 0 aliphatic carbocycles. The van der Waals surface area contributed by atoms with Crippen molar-refractivity contribution >= 4 is 36.0 Å². The number of rotatable bonds is 8. The Morgan fingerprint density at radius 2 is 2.14 bits per heavy atom. The van der Waals surface area contributed by atoms with E-state index in [1.807, 2.05) is 23.2 Å². The molecule has 0 amide bonds. The number of hydrogen-bond acceptors (Lipinski definition) is 5. The first-order valence-corrected chi connectivity index (χ1v) is 15.2. The lowest BCUT2D eigenvalue weighted by molar-refractivity contribution is 0.0814. The van der Waals surface area contributed by atoms with Crippen LogP contribution in [0.5, 0.6) is 0 Å². The highest BCUT2D eigenvalue weighted by molar-refractivity contribution is 7.84. The van der Waals surface area contributed by atoms with Crippen LogP contribution in [-0.4, -0.2) is 47.2 Å². The Morgan fingerprint density at radius 1 is 1.36 bits per heavy atom. The van der Waals surface area contributed by atoms with Gasteiger partial charge in [-0.3, -0.25) is 4.21 Å². The number of ether oxygens (including phenoxy) is 1. The molecule has 1 aromatic heterocycles. The van der Waals surface area contributed by atoms with E-state index in [4.69, 9.17) is 4.74 Å². The van der Waals surface area contributed by atoms with Gasteiger partial charge in [0.15, 0.2) is 0 Å². The molecule has 2 aromatic rings. The van der Waals surface area contributed by atoms with Crippen LogP contribution in [0, 0.1) is 5.92 Å². The molecule has 1 aromatic carbocycles. The Labute approximate surface area is 171 Å². The van der Waals surface area contributed by atoms with Gasteiger partial charge in [-0.15, -0.1) is 0 Å². The summed E-state index contributed by atoms with van der Waals surface area (Å²) in [5, 5.41) is 9.90. The van der Waals surface area contributed by atoms with Crippen LogP contribution in [0.15, 0.2) is 28.3 Å². The molecule has 0 fully saturated rings. The van der Waals surface area contributed by atoms with Crippen molar-refractivity contribution in [3.05, 3.63) is 23.9 Å². The summed E-state index contributed by atoms with van der Waals surface area (Å²) in [4.78, 5) is 0.813. The van der Waals surface area contributed by atoms with Gasteiger partial charge in [0.2, 0.25) is 0 Å². The molecular weight excluding hydrogens is 388 g/mol. The molecule has 3 rings (SSSR count). The van der Waals surface area contributed by atoms with E-state index in [-0.39, 0.29) is 0 Å². The molecule has 3 atom stereocenters. The number of benzene rings is 1. The van der Waals surface area contributed by atoms with Crippen LogP contribution in [-0.2, 0) is 28.7 Å². The van der Waals surface area contributed by atoms with Gasteiger partial charge in [-0.25, -0.2) is 4.68 Å². The van der Waals surface area contributed by atoms with Crippen LogP contribution in [0.3, 0.4) is 0 Å². The zero-order valence-electron chi connectivity index (χ0n) is 17.6. The summed E-state index contributed by atoms with van der Waals surface area (Å²) < 4.78 is 20.1. The molecule has 2 heterocycles. The maximum atomic E-state index is 12.3. The molecule has 6 nitrogen and oxygen atoms in total. The van der Waals surface area contributed by atoms with Crippen LogP contribution < -0.4 is 5.43 Å². The highest BCUT2D eigenvalue weighted by Gasteiger charge is 2.20. The zero-order chi connectivity index (χ0) is 20.3. The molecule has 28 heavy (non-hydrogen) atoms. The predicted molar refractivity (Wildman–Crippen MR) is 119 cm³/mol. The molecule has 1 aliphatic rings. The first-order valence-electron chi connectivity index (χ1n) is 9.92. The fraction of sp³-hybridized carbons (Fsp3) is 0.600. The van der Waals surface area contributed by atoms with E-state index in [0.717, 1.165) is 41.3 Å². The largest absolute Gasteiger partial charge is 0.360 e. The van der Waals surface area contributed by atoms with Gasteiger partial charge in [0, 0.05) is 38.6 Å². The van der Waals surface area contributed by atoms with Gasteiger partial charge in [-0.2, -0.15) is 10.2 Å². The maximum absolute atomic E-state index is 12.3. The van der Waals surface area contributed by atoms with Crippen molar-refractivity contribution in [2.24, 2.45) is 11.0 Å². The van der Waals surface area contributed by atoms with Crippen molar-refractivity contribution in [2.45, 2.75) is 63.1 Å². The van der Waals surface area contributed by atoms with Crippen LogP contribution in [0.25, 0.3) is 10.9 Å². The van der Waals surface area contributed by atoms with Crippen molar-refractivity contribution in [1.82, 2.24) is 15.2 Å². The molecule has 3 unspecified atom stereocenters. The van der Waals surface area contributed by atoms with E-state index < -0.39 is 18.9 Å². The monoisotopic (exact) mass is 420 g/mol. The molecule has 8 heteroatoms. The predicted octanol–water partition coefficient (Wildman–Crippen LogP) is 3.61. The Hall–Kier alpha value is -1.51. The molecular formula is C20H32N4O2SSi. The Bertz CT molecular complexity index is 875. The van der Waals surface area contributed by atoms with Crippen LogP contribution >= 0.6 is 0 Å². The summed E-state index contributed by atoms with van der Waals surface area (Å²) >= 11 is 0. The summed E-state index contributed by atoms with van der Waals surface area (Å²) in [6.45, 7) is 10.3. The fourth-order valence-electron chi connectivity index (χ4n) is 3.49. The molecule has 0 saturated heterocycles. The van der Waals surface area contributed by atoms with Gasteiger partial charge in [-0.1, -0.05) is 32.6 Å². The summed E-state index contributed by atoms with van der Waals surface area (Å²) in [7, 11) is -2.21. The molecule has 154 valence electrons. The first-order chi connectivity index (χ1) is 13.2. The zero-order valence-corrected chi connectivity index (χ0v) is 19.4. The summed E-state index contributed by atoms with van der Waals surface area (Å²) in [5.74, 6) is 0.478. The first kappa shape index (κ1) is 21.2. The van der Waals surface area contributed by atoms with E-state index in [1.165, 1.54) is 5.56 Å². The van der Waals surface area contributed by atoms with Gasteiger partial charge < -0.3 is 10.2 Å². The van der Waals surface area contributed by atoms with Gasteiger partial charge in [0.1, 0.15) is 6.73 Å². The Balaban J connectivity index is 1.83. The van der Waals surface area contributed by atoms with Crippen molar-refractivity contribution in [3.63, 3.8) is 0 Å². The average molecular weight is 421 g/mol. The van der Waals surface area contributed by atoms with Crippen molar-refractivity contribution < 1.29 is 8.95 Å². The van der Waals surface area contributed by atoms with E-state index in [2.05, 4.69) is 48.3 Å². The number of hydrogen-bond donors (Lipinski definition) is 1. The average Bonchev–Trinajstić information content (AvgIpc) is 3.02.